The van der Waals surface area contributed by atoms with Crippen molar-refractivity contribution in [2.24, 2.45) is 0 Å². The third-order valence-corrected chi connectivity index (χ3v) is 4.41. The van der Waals surface area contributed by atoms with Gasteiger partial charge < -0.3 is 19.9 Å². The molecule has 0 aliphatic carbocycles. The predicted octanol–water partition coefficient (Wildman–Crippen LogP) is 2.61. The summed E-state index contributed by atoms with van der Waals surface area (Å²) in [7, 11) is 0. The number of anilines is 2. The van der Waals surface area contributed by atoms with E-state index in [2.05, 4.69) is 16.4 Å². The first kappa shape index (κ1) is 19.2. The molecule has 3 rings (SSSR count). The lowest BCUT2D eigenvalue weighted by Crippen LogP contribution is -2.50. The normalized spacial score (nSPS) is 13.6. The number of aromatic nitrogens is 1. The van der Waals surface area contributed by atoms with Crippen molar-refractivity contribution in [3.63, 3.8) is 0 Å². The molecule has 1 aromatic heterocycles. The molecule has 0 radical (unpaired) electrons. The Balaban J connectivity index is 1.66. The van der Waals surface area contributed by atoms with Crippen LogP contribution in [0.15, 0.2) is 42.6 Å². The molecule has 1 N–H and O–H groups in total. The van der Waals surface area contributed by atoms with Gasteiger partial charge in [0.2, 0.25) is 0 Å². The second-order valence-corrected chi connectivity index (χ2v) is 6.19. The fourth-order valence-corrected chi connectivity index (χ4v) is 2.95. The highest BCUT2D eigenvalue weighted by Crippen LogP contribution is 2.20. The van der Waals surface area contributed by atoms with Crippen molar-refractivity contribution in [2.75, 3.05) is 38.1 Å². The molecule has 0 bridgehead atoms. The topological polar surface area (TPSA) is 98.6 Å². The van der Waals surface area contributed by atoms with Crippen LogP contribution in [0.1, 0.15) is 22.8 Å². The number of piperazine rings is 1. The Labute approximate surface area is 163 Å². The van der Waals surface area contributed by atoms with Crippen LogP contribution in [0.5, 0.6) is 0 Å². The van der Waals surface area contributed by atoms with Crippen molar-refractivity contribution in [3.8, 4) is 6.07 Å². The molecule has 144 valence electrons. The molecule has 1 aliphatic rings. The first-order valence-electron chi connectivity index (χ1n) is 9.05. The van der Waals surface area contributed by atoms with E-state index in [1.165, 1.54) is 0 Å². The molecule has 2 heterocycles. The number of nitriles is 1. The van der Waals surface area contributed by atoms with E-state index in [0.717, 1.165) is 0 Å². The van der Waals surface area contributed by atoms with Crippen LogP contribution in [0.3, 0.4) is 0 Å². The van der Waals surface area contributed by atoms with Crippen LogP contribution in [0.4, 0.5) is 16.3 Å². The maximum absolute atomic E-state index is 12.8. The van der Waals surface area contributed by atoms with Crippen LogP contribution in [0.2, 0.25) is 0 Å². The number of benzene rings is 1. The number of hydrogen-bond donors (Lipinski definition) is 1. The van der Waals surface area contributed by atoms with Gasteiger partial charge in [-0.05, 0) is 31.2 Å². The first-order chi connectivity index (χ1) is 13.6. The summed E-state index contributed by atoms with van der Waals surface area (Å²) in [6.45, 7) is 3.87. The fourth-order valence-electron chi connectivity index (χ4n) is 2.95. The highest BCUT2D eigenvalue weighted by Gasteiger charge is 2.25. The zero-order valence-electron chi connectivity index (χ0n) is 15.6. The molecule has 1 aromatic carbocycles. The zero-order chi connectivity index (χ0) is 19.9. The zero-order valence-corrected chi connectivity index (χ0v) is 15.6. The van der Waals surface area contributed by atoms with Gasteiger partial charge in [-0.3, -0.25) is 4.79 Å². The Kier molecular flexibility index (Phi) is 6.07. The number of nitrogens with one attached hydrogen (secondary N) is 1. The summed E-state index contributed by atoms with van der Waals surface area (Å²) in [5.41, 5.74) is 1.62. The van der Waals surface area contributed by atoms with Crippen molar-refractivity contribution in [2.45, 2.75) is 6.92 Å². The molecule has 2 aromatic rings. The number of ether oxygens (including phenoxy) is 1. The van der Waals surface area contributed by atoms with Crippen molar-refractivity contribution < 1.29 is 14.3 Å². The van der Waals surface area contributed by atoms with Crippen molar-refractivity contribution in [3.05, 3.63) is 53.7 Å². The van der Waals surface area contributed by atoms with Crippen molar-refractivity contribution in [1.82, 2.24) is 14.8 Å². The van der Waals surface area contributed by atoms with Gasteiger partial charge in [-0.2, -0.15) is 5.26 Å². The largest absolute Gasteiger partial charge is 0.450 e. The van der Waals surface area contributed by atoms with Gasteiger partial charge in [-0.25, -0.2) is 9.78 Å². The first-order valence-corrected chi connectivity index (χ1v) is 9.05. The van der Waals surface area contributed by atoms with Crippen LogP contribution in [0.25, 0.3) is 0 Å². The van der Waals surface area contributed by atoms with Gasteiger partial charge in [0.1, 0.15) is 11.9 Å². The van der Waals surface area contributed by atoms with E-state index in [1.54, 1.807) is 53.3 Å². The Hall–Kier alpha value is -3.60. The fraction of sp³-hybridized carbons (Fsp3) is 0.300. The molecule has 0 spiro atoms. The van der Waals surface area contributed by atoms with Gasteiger partial charge in [0.15, 0.2) is 0 Å². The van der Waals surface area contributed by atoms with Crippen LogP contribution in [-0.2, 0) is 4.74 Å². The van der Waals surface area contributed by atoms with E-state index in [4.69, 9.17) is 4.74 Å². The van der Waals surface area contributed by atoms with Crippen LogP contribution < -0.4 is 5.32 Å². The lowest BCUT2D eigenvalue weighted by molar-refractivity contribution is 0.0570. The minimum absolute atomic E-state index is 0.123. The quantitative estimate of drug-likeness (QED) is 0.877. The summed E-state index contributed by atoms with van der Waals surface area (Å²) in [5.74, 6) is 0.362. The molecular weight excluding hydrogens is 358 g/mol. The number of pyridine rings is 1. The number of hydrogen-bond acceptors (Lipinski definition) is 6. The van der Waals surface area contributed by atoms with Crippen molar-refractivity contribution >= 4 is 23.5 Å². The Bertz CT molecular complexity index is 901. The number of nitrogens with zero attached hydrogens (tertiary/aromatic N) is 4. The molecule has 8 nitrogen and oxygen atoms in total. The number of para-hydroxylation sites is 1. The summed E-state index contributed by atoms with van der Waals surface area (Å²) in [6, 6.07) is 12.5. The number of carbonyl (C=O) groups is 2. The molecule has 0 unspecified atom stereocenters. The Morgan fingerprint density at radius 3 is 2.61 bits per heavy atom. The second kappa shape index (κ2) is 8.86. The van der Waals surface area contributed by atoms with Crippen LogP contribution >= 0.6 is 0 Å². The summed E-state index contributed by atoms with van der Waals surface area (Å²) in [6.07, 6.45) is 1.21. The van der Waals surface area contributed by atoms with Crippen LogP contribution in [-0.4, -0.2) is 59.6 Å². The van der Waals surface area contributed by atoms with Gasteiger partial charge >= 0.3 is 6.09 Å². The Morgan fingerprint density at radius 1 is 1.18 bits per heavy atom. The monoisotopic (exact) mass is 379 g/mol. The van der Waals surface area contributed by atoms with Gasteiger partial charge in [0, 0.05) is 37.9 Å². The molecule has 2 amide bonds. The second-order valence-electron chi connectivity index (χ2n) is 6.19. The maximum Gasteiger partial charge on any atom is 0.409 e. The Morgan fingerprint density at radius 2 is 1.89 bits per heavy atom. The van der Waals surface area contributed by atoms with E-state index in [-0.39, 0.29) is 12.0 Å². The third-order valence-electron chi connectivity index (χ3n) is 4.41. The number of carbonyl (C=O) groups excluding carboxylic acids is 2. The summed E-state index contributed by atoms with van der Waals surface area (Å²) in [5, 5.41) is 12.3. The van der Waals surface area contributed by atoms with Crippen LogP contribution in [0, 0.1) is 11.3 Å². The molecule has 0 saturated carbocycles. The average molecular weight is 379 g/mol. The average Bonchev–Trinajstić information content (AvgIpc) is 2.74. The van der Waals surface area contributed by atoms with E-state index in [9.17, 15) is 14.9 Å². The molecule has 1 saturated heterocycles. The van der Waals surface area contributed by atoms with Gasteiger partial charge in [0.05, 0.1) is 17.9 Å². The standard InChI is InChI=1S/C20H21N5O3/c1-2-28-20(27)25-11-9-24(10-12-25)19(26)15-7-8-22-18(13-15)23-17-6-4-3-5-16(17)14-21/h3-8,13H,2,9-12H2,1H3,(H,22,23). The molecule has 8 heteroatoms. The van der Waals surface area contributed by atoms with E-state index >= 15 is 0 Å². The highest BCUT2D eigenvalue weighted by molar-refractivity contribution is 5.95. The number of amides is 2. The molecule has 28 heavy (non-hydrogen) atoms. The number of rotatable bonds is 4. The van der Waals surface area contributed by atoms with E-state index < -0.39 is 0 Å². The molecule has 1 fully saturated rings. The SMILES string of the molecule is CCOC(=O)N1CCN(C(=O)c2ccnc(Nc3ccccc3C#N)c2)CC1. The molecule has 1 aliphatic heterocycles. The van der Waals surface area contributed by atoms with Gasteiger partial charge in [-0.15, -0.1) is 0 Å². The molecule has 0 atom stereocenters. The summed E-state index contributed by atoms with van der Waals surface area (Å²) >= 11 is 0. The highest BCUT2D eigenvalue weighted by atomic mass is 16.6. The lowest BCUT2D eigenvalue weighted by Gasteiger charge is -2.34. The molecular formula is C20H21N5O3. The third kappa shape index (κ3) is 4.38. The summed E-state index contributed by atoms with van der Waals surface area (Å²) in [4.78, 5) is 32.1. The predicted molar refractivity (Wildman–Crippen MR) is 103 cm³/mol. The maximum atomic E-state index is 12.8. The smallest absolute Gasteiger partial charge is 0.409 e. The minimum Gasteiger partial charge on any atom is -0.450 e. The van der Waals surface area contributed by atoms with Crippen molar-refractivity contribution in [1.29, 1.82) is 5.26 Å². The van der Waals surface area contributed by atoms with Gasteiger partial charge in [0.25, 0.3) is 5.91 Å². The van der Waals surface area contributed by atoms with Gasteiger partial charge in [-0.1, -0.05) is 12.1 Å². The lowest BCUT2D eigenvalue weighted by atomic mass is 10.2. The summed E-state index contributed by atoms with van der Waals surface area (Å²) < 4.78 is 5.00. The minimum atomic E-state index is -0.346. The van der Waals surface area contributed by atoms with E-state index in [0.29, 0.717) is 55.4 Å². The van der Waals surface area contributed by atoms with E-state index in [1.807, 2.05) is 6.07 Å².